The van der Waals surface area contributed by atoms with E-state index in [9.17, 15) is 9.59 Å². The summed E-state index contributed by atoms with van der Waals surface area (Å²) >= 11 is 0. The molecule has 4 nitrogen and oxygen atoms in total. The highest BCUT2D eigenvalue weighted by Gasteiger charge is 2.61. The van der Waals surface area contributed by atoms with Gasteiger partial charge in [-0.05, 0) is 54.1 Å². The minimum Gasteiger partial charge on any atom is -0.351 e. The van der Waals surface area contributed by atoms with E-state index in [1.807, 2.05) is 32.0 Å². The molecule has 26 heavy (non-hydrogen) atoms. The van der Waals surface area contributed by atoms with Crippen LogP contribution >= 0.6 is 0 Å². The van der Waals surface area contributed by atoms with Gasteiger partial charge in [-0.3, -0.25) is 9.59 Å². The predicted octanol–water partition coefficient (Wildman–Crippen LogP) is 3.77. The van der Waals surface area contributed by atoms with Crippen LogP contribution in [0.15, 0.2) is 30.3 Å². The van der Waals surface area contributed by atoms with Gasteiger partial charge in [-0.1, -0.05) is 52.8 Å². The molecule has 1 aromatic carbocycles. The van der Waals surface area contributed by atoms with Crippen LogP contribution in [0.1, 0.15) is 64.2 Å². The lowest BCUT2D eigenvalue weighted by atomic mass is 9.69. The molecular formula is C22H32N2O2. The molecule has 0 radical (unpaired) electrons. The van der Waals surface area contributed by atoms with Crippen molar-refractivity contribution in [2.45, 2.75) is 66.0 Å². The zero-order chi connectivity index (χ0) is 19.1. The third kappa shape index (κ3) is 3.04. The van der Waals surface area contributed by atoms with E-state index in [2.05, 4.69) is 31.4 Å². The second-order valence-electron chi connectivity index (χ2n) is 9.23. The monoisotopic (exact) mass is 356 g/mol. The van der Waals surface area contributed by atoms with Crippen LogP contribution in [-0.4, -0.2) is 23.9 Å². The molecule has 142 valence electrons. The summed E-state index contributed by atoms with van der Waals surface area (Å²) in [6.45, 7) is 10.9. The molecule has 4 atom stereocenters. The average molecular weight is 357 g/mol. The fourth-order valence-corrected chi connectivity index (χ4v) is 5.03. The van der Waals surface area contributed by atoms with Crippen LogP contribution in [0.3, 0.4) is 0 Å². The zero-order valence-electron chi connectivity index (χ0n) is 16.6. The van der Waals surface area contributed by atoms with Gasteiger partial charge in [0.15, 0.2) is 0 Å². The largest absolute Gasteiger partial charge is 0.351 e. The van der Waals surface area contributed by atoms with Gasteiger partial charge in [-0.2, -0.15) is 0 Å². The number of rotatable bonds is 5. The van der Waals surface area contributed by atoms with Crippen molar-refractivity contribution in [3.05, 3.63) is 35.9 Å². The number of hydrogen-bond acceptors (Lipinski definition) is 2. The molecule has 2 bridgehead atoms. The molecule has 2 N–H and O–H groups in total. The Morgan fingerprint density at radius 1 is 1.12 bits per heavy atom. The predicted molar refractivity (Wildman–Crippen MR) is 104 cm³/mol. The SMILES string of the molecule is CC(C)C(NC(=O)c1ccccc1)C(=O)NC1CC2CCC1(C)C2(C)C. The number of hydrogen-bond donors (Lipinski definition) is 2. The summed E-state index contributed by atoms with van der Waals surface area (Å²) in [5.74, 6) is 0.453. The summed E-state index contributed by atoms with van der Waals surface area (Å²) in [5.41, 5.74) is 0.975. The number of nitrogens with one attached hydrogen (secondary N) is 2. The van der Waals surface area contributed by atoms with Crippen LogP contribution in [0.4, 0.5) is 0 Å². The van der Waals surface area contributed by atoms with Gasteiger partial charge in [0.1, 0.15) is 6.04 Å². The fourth-order valence-electron chi connectivity index (χ4n) is 5.03. The van der Waals surface area contributed by atoms with Crippen molar-refractivity contribution in [2.24, 2.45) is 22.7 Å². The summed E-state index contributed by atoms with van der Waals surface area (Å²) < 4.78 is 0. The quantitative estimate of drug-likeness (QED) is 0.844. The summed E-state index contributed by atoms with van der Waals surface area (Å²) in [6.07, 6.45) is 3.47. The lowest BCUT2D eigenvalue weighted by Crippen LogP contribution is -2.55. The highest BCUT2D eigenvalue weighted by Crippen LogP contribution is 2.65. The number of amides is 2. The molecule has 2 aliphatic rings. The van der Waals surface area contributed by atoms with E-state index in [4.69, 9.17) is 0 Å². The van der Waals surface area contributed by atoms with Gasteiger partial charge < -0.3 is 10.6 Å². The van der Waals surface area contributed by atoms with Crippen molar-refractivity contribution in [1.82, 2.24) is 10.6 Å². The molecule has 0 saturated heterocycles. The summed E-state index contributed by atoms with van der Waals surface area (Å²) in [4.78, 5) is 25.5. The first-order valence-corrected chi connectivity index (χ1v) is 9.83. The topological polar surface area (TPSA) is 58.2 Å². The lowest BCUT2D eigenvalue weighted by molar-refractivity contribution is -0.125. The average Bonchev–Trinajstić information content (AvgIpc) is 2.93. The smallest absolute Gasteiger partial charge is 0.251 e. The Morgan fingerprint density at radius 3 is 2.27 bits per heavy atom. The van der Waals surface area contributed by atoms with Gasteiger partial charge in [0.05, 0.1) is 0 Å². The van der Waals surface area contributed by atoms with E-state index in [1.54, 1.807) is 12.1 Å². The summed E-state index contributed by atoms with van der Waals surface area (Å²) in [5, 5.41) is 6.22. The van der Waals surface area contributed by atoms with Gasteiger partial charge in [-0.25, -0.2) is 0 Å². The molecule has 4 unspecified atom stereocenters. The highest BCUT2D eigenvalue weighted by atomic mass is 16.2. The van der Waals surface area contributed by atoms with Crippen molar-refractivity contribution in [1.29, 1.82) is 0 Å². The van der Waals surface area contributed by atoms with Crippen molar-refractivity contribution >= 4 is 11.8 Å². The first-order valence-electron chi connectivity index (χ1n) is 9.83. The highest BCUT2D eigenvalue weighted by molar-refractivity contribution is 5.97. The molecule has 0 aromatic heterocycles. The number of fused-ring (bicyclic) bond motifs is 2. The van der Waals surface area contributed by atoms with Crippen LogP contribution in [0, 0.1) is 22.7 Å². The van der Waals surface area contributed by atoms with Gasteiger partial charge in [-0.15, -0.1) is 0 Å². The molecule has 3 rings (SSSR count). The Kier molecular flexibility index (Phi) is 4.89. The Bertz CT molecular complexity index is 683. The van der Waals surface area contributed by atoms with Crippen LogP contribution in [0.25, 0.3) is 0 Å². The Balaban J connectivity index is 1.70. The standard InChI is InChI=1S/C22H32N2O2/c1-14(2)18(24-19(25)15-9-7-6-8-10-15)20(26)23-17-13-16-11-12-22(17,5)21(16,3)4/h6-10,14,16-18H,11-13H2,1-5H3,(H,23,26)(H,24,25). The van der Waals surface area contributed by atoms with Gasteiger partial charge in [0.2, 0.25) is 5.91 Å². The molecule has 0 spiro atoms. The second-order valence-corrected chi connectivity index (χ2v) is 9.23. The van der Waals surface area contributed by atoms with Crippen LogP contribution in [0.2, 0.25) is 0 Å². The van der Waals surface area contributed by atoms with Crippen molar-refractivity contribution in [3.8, 4) is 0 Å². The van der Waals surface area contributed by atoms with E-state index in [0.717, 1.165) is 6.42 Å². The maximum atomic E-state index is 13.0. The maximum Gasteiger partial charge on any atom is 0.251 e. The maximum absolute atomic E-state index is 13.0. The molecule has 2 fully saturated rings. The van der Waals surface area contributed by atoms with E-state index in [0.29, 0.717) is 11.5 Å². The zero-order valence-corrected chi connectivity index (χ0v) is 16.6. The molecule has 2 aliphatic carbocycles. The Labute approximate surface area is 157 Å². The van der Waals surface area contributed by atoms with Crippen molar-refractivity contribution in [2.75, 3.05) is 0 Å². The molecule has 2 saturated carbocycles. The minimum atomic E-state index is -0.520. The summed E-state index contributed by atoms with van der Waals surface area (Å²) in [7, 11) is 0. The van der Waals surface area contributed by atoms with Crippen LogP contribution in [-0.2, 0) is 4.79 Å². The summed E-state index contributed by atoms with van der Waals surface area (Å²) in [6, 6.07) is 8.75. The molecule has 2 amide bonds. The lowest BCUT2D eigenvalue weighted by Gasteiger charge is -2.40. The van der Waals surface area contributed by atoms with E-state index < -0.39 is 6.04 Å². The van der Waals surface area contributed by atoms with Crippen LogP contribution in [0.5, 0.6) is 0 Å². The fraction of sp³-hybridized carbons (Fsp3) is 0.636. The third-order valence-corrected chi connectivity index (χ3v) is 7.38. The van der Waals surface area contributed by atoms with E-state index in [-0.39, 0.29) is 34.6 Å². The first kappa shape index (κ1) is 18.9. The molecule has 0 aliphatic heterocycles. The normalized spacial score (nSPS) is 30.2. The molecular weight excluding hydrogens is 324 g/mol. The Hall–Kier alpha value is -1.84. The van der Waals surface area contributed by atoms with Crippen molar-refractivity contribution in [3.63, 3.8) is 0 Å². The van der Waals surface area contributed by atoms with E-state index >= 15 is 0 Å². The second kappa shape index (κ2) is 6.71. The molecule has 1 aromatic rings. The van der Waals surface area contributed by atoms with Crippen LogP contribution < -0.4 is 10.6 Å². The third-order valence-electron chi connectivity index (χ3n) is 7.38. The number of benzene rings is 1. The van der Waals surface area contributed by atoms with Gasteiger partial charge in [0.25, 0.3) is 5.91 Å². The number of carbonyl (C=O) groups excluding carboxylic acids is 2. The van der Waals surface area contributed by atoms with Gasteiger partial charge >= 0.3 is 0 Å². The molecule has 4 heteroatoms. The van der Waals surface area contributed by atoms with E-state index in [1.165, 1.54) is 12.8 Å². The van der Waals surface area contributed by atoms with Gasteiger partial charge in [0, 0.05) is 11.6 Å². The first-order chi connectivity index (χ1) is 12.2. The minimum absolute atomic E-state index is 0.0297. The Morgan fingerprint density at radius 2 is 1.77 bits per heavy atom. The number of carbonyl (C=O) groups is 2. The van der Waals surface area contributed by atoms with Crippen molar-refractivity contribution < 1.29 is 9.59 Å². The molecule has 0 heterocycles.